The smallest absolute Gasteiger partial charge is 0.112 e. The summed E-state index contributed by atoms with van der Waals surface area (Å²) < 4.78 is 2.18. The van der Waals surface area contributed by atoms with Gasteiger partial charge in [0.05, 0.1) is 0 Å². The summed E-state index contributed by atoms with van der Waals surface area (Å²) >= 11 is 0. The van der Waals surface area contributed by atoms with Crippen LogP contribution >= 0.6 is 0 Å². The lowest BCUT2D eigenvalue weighted by Crippen LogP contribution is -2.37. The van der Waals surface area contributed by atoms with Gasteiger partial charge in [0.25, 0.3) is 0 Å². The Morgan fingerprint density at radius 2 is 1.56 bits per heavy atom. The maximum atomic E-state index is 4.73. The van der Waals surface area contributed by atoms with E-state index in [9.17, 15) is 0 Å². The van der Waals surface area contributed by atoms with Crippen molar-refractivity contribution in [2.45, 2.75) is 38.5 Å². The van der Waals surface area contributed by atoms with E-state index in [-0.39, 0.29) is 5.41 Å². The quantitative estimate of drug-likeness (QED) is 0.594. The molecule has 25 heavy (non-hydrogen) atoms. The molecule has 0 saturated carbocycles. The Labute approximate surface area is 151 Å². The summed E-state index contributed by atoms with van der Waals surface area (Å²) in [6.07, 6.45) is 4.96. The zero-order valence-corrected chi connectivity index (χ0v) is 15.7. The molecule has 0 spiro atoms. The van der Waals surface area contributed by atoms with Gasteiger partial charge in [-0.05, 0) is 23.5 Å². The molecular formula is C23H28N2. The Morgan fingerprint density at radius 3 is 2.08 bits per heavy atom. The Hall–Kier alpha value is -2.35. The van der Waals surface area contributed by atoms with Gasteiger partial charge >= 0.3 is 0 Å². The van der Waals surface area contributed by atoms with Crippen LogP contribution in [0.4, 0.5) is 0 Å². The van der Waals surface area contributed by atoms with Crippen LogP contribution in [0, 0.1) is 5.92 Å². The number of imidazole rings is 1. The highest BCUT2D eigenvalue weighted by atomic mass is 15.0. The third kappa shape index (κ3) is 3.53. The van der Waals surface area contributed by atoms with Gasteiger partial charge in [-0.1, -0.05) is 81.4 Å². The van der Waals surface area contributed by atoms with Crippen LogP contribution in [-0.4, -0.2) is 9.55 Å². The van der Waals surface area contributed by atoms with E-state index in [2.05, 4.69) is 99.2 Å². The number of aryl methyl sites for hydroxylation is 1. The normalized spacial score (nSPS) is 15.1. The van der Waals surface area contributed by atoms with E-state index in [1.807, 2.05) is 6.20 Å². The van der Waals surface area contributed by atoms with Gasteiger partial charge in [-0.2, -0.15) is 0 Å². The Morgan fingerprint density at radius 1 is 0.960 bits per heavy atom. The Bertz CT molecular complexity index is 789. The highest BCUT2D eigenvalue weighted by molar-refractivity contribution is 5.33. The highest BCUT2D eigenvalue weighted by Gasteiger charge is 2.40. The maximum absolute atomic E-state index is 4.73. The van der Waals surface area contributed by atoms with Crippen molar-refractivity contribution in [3.8, 4) is 0 Å². The van der Waals surface area contributed by atoms with Crippen LogP contribution in [0.3, 0.4) is 0 Å². The van der Waals surface area contributed by atoms with Crippen LogP contribution in [0.25, 0.3) is 0 Å². The minimum absolute atomic E-state index is 0.0319. The second kappa shape index (κ2) is 7.26. The first kappa shape index (κ1) is 17.5. The van der Waals surface area contributed by atoms with Gasteiger partial charge in [0.1, 0.15) is 5.82 Å². The first-order valence-electron chi connectivity index (χ1n) is 9.09. The van der Waals surface area contributed by atoms with E-state index in [0.717, 1.165) is 12.2 Å². The molecule has 0 saturated heterocycles. The summed E-state index contributed by atoms with van der Waals surface area (Å²) in [6, 6.07) is 21.7. The molecule has 3 aromatic rings. The molecule has 0 N–H and O–H groups in total. The number of hydrogen-bond donors (Lipinski definition) is 0. The van der Waals surface area contributed by atoms with Crippen LogP contribution in [0.2, 0.25) is 0 Å². The van der Waals surface area contributed by atoms with Crippen LogP contribution in [-0.2, 0) is 18.9 Å². The number of rotatable bonds is 6. The van der Waals surface area contributed by atoms with Gasteiger partial charge < -0.3 is 4.57 Å². The number of hydrogen-bond acceptors (Lipinski definition) is 1. The van der Waals surface area contributed by atoms with Crippen LogP contribution < -0.4 is 0 Å². The van der Waals surface area contributed by atoms with Crippen molar-refractivity contribution in [1.82, 2.24) is 9.55 Å². The Kier molecular flexibility index (Phi) is 5.08. The van der Waals surface area contributed by atoms with Crippen LogP contribution in [0.15, 0.2) is 73.1 Å². The first-order chi connectivity index (χ1) is 12.0. The largest absolute Gasteiger partial charge is 0.338 e. The molecular weight excluding hydrogens is 304 g/mol. The second-order valence-corrected chi connectivity index (χ2v) is 7.56. The molecule has 0 aliphatic rings. The summed E-state index contributed by atoms with van der Waals surface area (Å²) in [5, 5.41) is 0. The molecule has 0 aliphatic carbocycles. The predicted octanol–water partition coefficient (Wildman–Crippen LogP) is 5.36. The molecule has 130 valence electrons. The second-order valence-electron chi connectivity index (χ2n) is 7.56. The summed E-state index contributed by atoms with van der Waals surface area (Å²) in [5.41, 5.74) is 2.71. The molecule has 0 amide bonds. The standard InChI is InChI=1S/C23H28N2/c1-18(2)21(22-24-15-16-25(22)4)23(3,20-13-9-6-10-14-20)17-19-11-7-5-8-12-19/h5-16,18,21H,17H2,1-4H3. The highest BCUT2D eigenvalue weighted by Crippen LogP contribution is 2.45. The van der Waals surface area contributed by atoms with Gasteiger partial charge in [-0.3, -0.25) is 0 Å². The summed E-state index contributed by atoms with van der Waals surface area (Å²) in [7, 11) is 2.10. The Balaban J connectivity index is 2.14. The molecule has 2 aromatic carbocycles. The lowest BCUT2D eigenvalue weighted by atomic mass is 9.64. The fraction of sp³-hybridized carbons (Fsp3) is 0.348. The SMILES string of the molecule is CC(C)C(c1nccn1C)C(C)(Cc1ccccc1)c1ccccc1. The molecule has 2 atom stereocenters. The summed E-state index contributed by atoms with van der Waals surface area (Å²) in [4.78, 5) is 4.73. The van der Waals surface area contributed by atoms with Gasteiger partial charge in [0.2, 0.25) is 0 Å². The van der Waals surface area contributed by atoms with Crippen molar-refractivity contribution < 1.29 is 0 Å². The number of nitrogens with zero attached hydrogens (tertiary/aromatic N) is 2. The average Bonchev–Trinajstić information content (AvgIpc) is 3.02. The third-order valence-electron chi connectivity index (χ3n) is 5.34. The topological polar surface area (TPSA) is 17.8 Å². The molecule has 0 aliphatic heterocycles. The monoisotopic (exact) mass is 332 g/mol. The van der Waals surface area contributed by atoms with Crippen molar-refractivity contribution in [2.24, 2.45) is 13.0 Å². The van der Waals surface area contributed by atoms with Crippen molar-refractivity contribution >= 4 is 0 Å². The third-order valence-corrected chi connectivity index (χ3v) is 5.34. The van der Waals surface area contributed by atoms with Crippen molar-refractivity contribution in [3.63, 3.8) is 0 Å². The van der Waals surface area contributed by atoms with Gasteiger partial charge in [0.15, 0.2) is 0 Å². The fourth-order valence-corrected chi connectivity index (χ4v) is 4.23. The molecule has 1 aromatic heterocycles. The van der Waals surface area contributed by atoms with E-state index >= 15 is 0 Å². The fourth-order valence-electron chi connectivity index (χ4n) is 4.23. The van der Waals surface area contributed by atoms with E-state index in [1.165, 1.54) is 11.1 Å². The first-order valence-corrected chi connectivity index (χ1v) is 9.09. The molecule has 0 fully saturated rings. The summed E-state index contributed by atoms with van der Waals surface area (Å²) in [6.45, 7) is 7.02. The zero-order chi connectivity index (χ0) is 17.9. The molecule has 1 heterocycles. The molecule has 2 unspecified atom stereocenters. The number of aromatic nitrogens is 2. The van der Waals surface area contributed by atoms with E-state index in [1.54, 1.807) is 0 Å². The molecule has 2 nitrogen and oxygen atoms in total. The zero-order valence-electron chi connectivity index (χ0n) is 15.7. The van der Waals surface area contributed by atoms with E-state index < -0.39 is 0 Å². The predicted molar refractivity (Wildman–Crippen MR) is 105 cm³/mol. The van der Waals surface area contributed by atoms with Crippen molar-refractivity contribution in [2.75, 3.05) is 0 Å². The van der Waals surface area contributed by atoms with Crippen LogP contribution in [0.1, 0.15) is 43.6 Å². The van der Waals surface area contributed by atoms with Gasteiger partial charge in [0, 0.05) is 30.8 Å². The molecule has 0 radical (unpaired) electrons. The molecule has 0 bridgehead atoms. The number of benzene rings is 2. The van der Waals surface area contributed by atoms with Crippen molar-refractivity contribution in [1.29, 1.82) is 0 Å². The minimum Gasteiger partial charge on any atom is -0.338 e. The minimum atomic E-state index is -0.0319. The van der Waals surface area contributed by atoms with E-state index in [4.69, 9.17) is 4.98 Å². The molecule has 3 rings (SSSR count). The summed E-state index contributed by atoms with van der Waals surface area (Å²) in [5.74, 6) is 1.97. The molecule has 2 heteroatoms. The average molecular weight is 332 g/mol. The lowest BCUT2D eigenvalue weighted by Gasteiger charge is -2.40. The van der Waals surface area contributed by atoms with E-state index in [0.29, 0.717) is 11.8 Å². The maximum Gasteiger partial charge on any atom is 0.112 e. The van der Waals surface area contributed by atoms with Gasteiger partial charge in [-0.25, -0.2) is 4.98 Å². The van der Waals surface area contributed by atoms with Gasteiger partial charge in [-0.15, -0.1) is 0 Å². The van der Waals surface area contributed by atoms with Crippen molar-refractivity contribution in [3.05, 3.63) is 90.0 Å². The lowest BCUT2D eigenvalue weighted by molar-refractivity contribution is 0.284. The van der Waals surface area contributed by atoms with Crippen LogP contribution in [0.5, 0.6) is 0 Å².